The molecular weight excluding hydrogens is 294 g/mol. The van der Waals surface area contributed by atoms with E-state index in [0.717, 1.165) is 43.3 Å². The van der Waals surface area contributed by atoms with Gasteiger partial charge in [-0.1, -0.05) is 0 Å². The van der Waals surface area contributed by atoms with Gasteiger partial charge in [-0.05, 0) is 51.8 Å². The predicted octanol–water partition coefficient (Wildman–Crippen LogP) is 2.71. The van der Waals surface area contributed by atoms with Crippen LogP contribution in [0.15, 0.2) is 18.2 Å². The number of ether oxygens (including phenoxy) is 1. The third-order valence-corrected chi connectivity index (χ3v) is 4.73. The Kier molecular flexibility index (Phi) is 5.13. The Morgan fingerprint density at radius 2 is 2.04 bits per heavy atom. The molecule has 0 unspecified atom stereocenters. The van der Waals surface area contributed by atoms with E-state index in [1.807, 2.05) is 6.92 Å². The average molecular weight is 319 g/mol. The van der Waals surface area contributed by atoms with Crippen molar-refractivity contribution in [2.24, 2.45) is 0 Å². The van der Waals surface area contributed by atoms with Gasteiger partial charge in [0.1, 0.15) is 5.75 Å². The van der Waals surface area contributed by atoms with Crippen LogP contribution in [0, 0.1) is 10.1 Å². The first-order valence-electron chi connectivity index (χ1n) is 8.55. The molecule has 23 heavy (non-hydrogen) atoms. The third-order valence-electron chi connectivity index (χ3n) is 4.73. The molecular formula is C17H25N3O3. The molecule has 0 atom stereocenters. The van der Waals surface area contributed by atoms with Crippen LogP contribution in [0.3, 0.4) is 0 Å². The van der Waals surface area contributed by atoms with Gasteiger partial charge in [0.15, 0.2) is 0 Å². The molecule has 1 aromatic rings. The van der Waals surface area contributed by atoms with Crippen LogP contribution >= 0.6 is 0 Å². The van der Waals surface area contributed by atoms with E-state index >= 15 is 0 Å². The normalized spacial score (nSPS) is 19.7. The molecule has 1 aliphatic carbocycles. The number of benzene rings is 1. The maximum Gasteiger partial charge on any atom is 0.270 e. The lowest BCUT2D eigenvalue weighted by Gasteiger charge is -2.32. The van der Waals surface area contributed by atoms with Gasteiger partial charge in [0.25, 0.3) is 5.69 Å². The molecule has 6 nitrogen and oxygen atoms in total. The van der Waals surface area contributed by atoms with E-state index in [-0.39, 0.29) is 10.6 Å². The topological polar surface area (TPSA) is 67.6 Å². The zero-order valence-electron chi connectivity index (χ0n) is 13.7. The van der Waals surface area contributed by atoms with E-state index in [1.165, 1.54) is 18.9 Å². The van der Waals surface area contributed by atoms with Crippen molar-refractivity contribution in [3.05, 3.63) is 33.9 Å². The minimum absolute atomic E-state index is 0.119. The number of nitrogens with one attached hydrogen (secondary N) is 1. The lowest BCUT2D eigenvalue weighted by atomic mass is 10.0. The summed E-state index contributed by atoms with van der Waals surface area (Å²) in [6.45, 7) is 5.42. The summed E-state index contributed by atoms with van der Waals surface area (Å²) in [6, 6.07) is 6.16. The fourth-order valence-electron chi connectivity index (χ4n) is 3.28. The molecule has 1 aliphatic heterocycles. The summed E-state index contributed by atoms with van der Waals surface area (Å²) in [7, 11) is 0. The molecule has 1 aromatic carbocycles. The largest absolute Gasteiger partial charge is 0.494 e. The highest BCUT2D eigenvalue weighted by molar-refractivity contribution is 5.43. The fourth-order valence-corrected chi connectivity index (χ4v) is 3.28. The Hall–Kier alpha value is -1.66. The highest BCUT2D eigenvalue weighted by Crippen LogP contribution is 2.29. The van der Waals surface area contributed by atoms with Crippen LogP contribution in [0.1, 0.15) is 38.2 Å². The smallest absolute Gasteiger partial charge is 0.270 e. The number of nitro groups is 1. The van der Waals surface area contributed by atoms with E-state index in [4.69, 9.17) is 4.74 Å². The number of nitrogens with zero attached hydrogens (tertiary/aromatic N) is 2. The summed E-state index contributed by atoms with van der Waals surface area (Å²) in [4.78, 5) is 13.2. The van der Waals surface area contributed by atoms with Crippen molar-refractivity contribution in [1.29, 1.82) is 0 Å². The molecule has 2 fully saturated rings. The fraction of sp³-hybridized carbons (Fsp3) is 0.647. The number of likely N-dealkylation sites (tertiary alicyclic amines) is 1. The van der Waals surface area contributed by atoms with Gasteiger partial charge in [0, 0.05) is 36.3 Å². The molecule has 1 N–H and O–H groups in total. The lowest BCUT2D eigenvalue weighted by molar-refractivity contribution is -0.384. The summed E-state index contributed by atoms with van der Waals surface area (Å²) in [5, 5.41) is 14.5. The van der Waals surface area contributed by atoms with Crippen LogP contribution in [-0.2, 0) is 6.54 Å². The second kappa shape index (κ2) is 7.27. The molecule has 0 radical (unpaired) electrons. The zero-order valence-corrected chi connectivity index (χ0v) is 13.7. The van der Waals surface area contributed by atoms with E-state index in [1.54, 1.807) is 12.1 Å². The highest BCUT2D eigenvalue weighted by atomic mass is 16.6. The predicted molar refractivity (Wildman–Crippen MR) is 88.7 cm³/mol. The van der Waals surface area contributed by atoms with Crippen molar-refractivity contribution >= 4 is 5.69 Å². The van der Waals surface area contributed by atoms with Crippen molar-refractivity contribution in [2.75, 3.05) is 19.7 Å². The third kappa shape index (κ3) is 4.20. The number of non-ortho nitro benzene ring substituents is 1. The summed E-state index contributed by atoms with van der Waals surface area (Å²) in [5.41, 5.74) is 0.986. The first-order valence-corrected chi connectivity index (χ1v) is 8.55. The summed E-state index contributed by atoms with van der Waals surface area (Å²) in [6.07, 6.45) is 5.03. The Balaban J connectivity index is 1.57. The van der Waals surface area contributed by atoms with Crippen LogP contribution < -0.4 is 10.1 Å². The lowest BCUT2D eigenvalue weighted by Crippen LogP contribution is -2.43. The molecule has 0 spiro atoms. The van der Waals surface area contributed by atoms with E-state index in [2.05, 4.69) is 10.2 Å². The highest BCUT2D eigenvalue weighted by Gasteiger charge is 2.31. The van der Waals surface area contributed by atoms with Crippen LogP contribution in [-0.4, -0.2) is 41.6 Å². The Morgan fingerprint density at radius 1 is 1.30 bits per heavy atom. The van der Waals surface area contributed by atoms with Crippen LogP contribution in [0.25, 0.3) is 0 Å². The van der Waals surface area contributed by atoms with Gasteiger partial charge in [-0.15, -0.1) is 0 Å². The number of rotatable bonds is 7. The molecule has 1 saturated carbocycles. The molecule has 0 bridgehead atoms. The average Bonchev–Trinajstić information content (AvgIpc) is 3.39. The Bertz CT molecular complexity index is 552. The van der Waals surface area contributed by atoms with Gasteiger partial charge in [-0.25, -0.2) is 0 Å². The molecule has 3 rings (SSSR count). The minimum Gasteiger partial charge on any atom is -0.494 e. The van der Waals surface area contributed by atoms with Gasteiger partial charge in [-0.3, -0.25) is 10.1 Å². The second-order valence-corrected chi connectivity index (χ2v) is 6.40. The number of nitro benzene ring substituents is 1. The van der Waals surface area contributed by atoms with Crippen molar-refractivity contribution in [2.45, 2.75) is 51.2 Å². The van der Waals surface area contributed by atoms with E-state index in [0.29, 0.717) is 19.2 Å². The molecule has 2 aliphatic rings. The molecule has 0 amide bonds. The summed E-state index contributed by atoms with van der Waals surface area (Å²) >= 11 is 0. The second-order valence-electron chi connectivity index (χ2n) is 6.40. The Labute approximate surface area is 137 Å². The molecule has 1 saturated heterocycles. The maximum absolute atomic E-state index is 11.0. The van der Waals surface area contributed by atoms with Gasteiger partial charge >= 0.3 is 0 Å². The molecule has 6 heteroatoms. The monoisotopic (exact) mass is 319 g/mol. The number of piperidine rings is 1. The van der Waals surface area contributed by atoms with Crippen molar-refractivity contribution in [3.8, 4) is 5.75 Å². The first-order chi connectivity index (χ1) is 11.2. The molecule has 1 heterocycles. The molecule has 126 valence electrons. The van der Waals surface area contributed by atoms with E-state index < -0.39 is 0 Å². The summed E-state index contributed by atoms with van der Waals surface area (Å²) < 4.78 is 5.60. The quantitative estimate of drug-likeness (QED) is 0.618. The summed E-state index contributed by atoms with van der Waals surface area (Å²) in [5.74, 6) is 0.737. The minimum atomic E-state index is -0.354. The van der Waals surface area contributed by atoms with Gasteiger partial charge in [-0.2, -0.15) is 0 Å². The standard InChI is InChI=1S/C17H25N3O3/c1-2-23-17-6-5-16(20(21)22)11-13(17)12-18-14-7-9-19(10-8-14)15-3-4-15/h5-6,11,14-15,18H,2-4,7-10,12H2,1H3. The maximum atomic E-state index is 11.0. The number of hydrogen-bond donors (Lipinski definition) is 1. The SMILES string of the molecule is CCOc1ccc([N+](=O)[O-])cc1CNC1CCN(C2CC2)CC1. The van der Waals surface area contributed by atoms with Crippen molar-refractivity contribution in [3.63, 3.8) is 0 Å². The Morgan fingerprint density at radius 3 is 2.65 bits per heavy atom. The van der Waals surface area contributed by atoms with Gasteiger partial charge < -0.3 is 15.0 Å². The van der Waals surface area contributed by atoms with Gasteiger partial charge in [0.05, 0.1) is 11.5 Å². The van der Waals surface area contributed by atoms with E-state index in [9.17, 15) is 10.1 Å². The van der Waals surface area contributed by atoms with Crippen molar-refractivity contribution in [1.82, 2.24) is 10.2 Å². The van der Waals surface area contributed by atoms with Crippen LogP contribution in [0.2, 0.25) is 0 Å². The first kappa shape index (κ1) is 16.2. The van der Waals surface area contributed by atoms with Gasteiger partial charge in [0.2, 0.25) is 0 Å². The number of hydrogen-bond acceptors (Lipinski definition) is 5. The van der Waals surface area contributed by atoms with Crippen LogP contribution in [0.5, 0.6) is 5.75 Å². The molecule has 0 aromatic heterocycles. The van der Waals surface area contributed by atoms with Crippen molar-refractivity contribution < 1.29 is 9.66 Å². The van der Waals surface area contributed by atoms with Crippen LogP contribution in [0.4, 0.5) is 5.69 Å². The zero-order chi connectivity index (χ0) is 16.2.